The Morgan fingerprint density at radius 1 is 1.14 bits per heavy atom. The van der Waals surface area contributed by atoms with Gasteiger partial charge in [0.05, 0.1) is 12.5 Å². The van der Waals surface area contributed by atoms with Gasteiger partial charge in [0.25, 0.3) is 0 Å². The van der Waals surface area contributed by atoms with Crippen molar-refractivity contribution >= 4 is 12.0 Å². The van der Waals surface area contributed by atoms with E-state index in [0.717, 1.165) is 51.6 Å². The molecule has 1 aliphatic carbocycles. The van der Waals surface area contributed by atoms with Crippen LogP contribution in [0.4, 0.5) is 4.79 Å². The molecule has 1 saturated heterocycles. The van der Waals surface area contributed by atoms with Gasteiger partial charge in [0, 0.05) is 19.7 Å². The Labute approximate surface area is 125 Å². The first kappa shape index (κ1) is 16.1. The number of carbonyl (C=O) groups is 2. The van der Waals surface area contributed by atoms with Gasteiger partial charge < -0.3 is 20.5 Å². The number of hydrogen-bond donors (Lipinski definition) is 3. The van der Waals surface area contributed by atoms with Crippen LogP contribution in [0.25, 0.3) is 0 Å². The van der Waals surface area contributed by atoms with E-state index in [1.807, 2.05) is 0 Å². The van der Waals surface area contributed by atoms with Crippen LogP contribution in [0.5, 0.6) is 0 Å². The molecule has 0 aromatic heterocycles. The fourth-order valence-corrected chi connectivity index (χ4v) is 3.38. The lowest BCUT2D eigenvalue weighted by molar-refractivity contribution is -0.140. The van der Waals surface area contributed by atoms with Crippen molar-refractivity contribution < 1.29 is 19.4 Å². The molecule has 6 heteroatoms. The summed E-state index contributed by atoms with van der Waals surface area (Å²) in [6.07, 6.45) is 7.32. The van der Waals surface area contributed by atoms with Crippen molar-refractivity contribution in [3.8, 4) is 0 Å². The fraction of sp³-hybridized carbons (Fsp3) is 0.867. The zero-order valence-corrected chi connectivity index (χ0v) is 12.5. The molecule has 1 saturated carbocycles. The quantitative estimate of drug-likeness (QED) is 0.699. The number of carboxylic acids is 1. The van der Waals surface area contributed by atoms with E-state index >= 15 is 0 Å². The van der Waals surface area contributed by atoms with E-state index in [2.05, 4.69) is 10.6 Å². The van der Waals surface area contributed by atoms with E-state index in [4.69, 9.17) is 9.84 Å². The topological polar surface area (TPSA) is 87.7 Å². The number of carboxylic acid groups (broad SMARTS) is 1. The highest BCUT2D eigenvalue weighted by atomic mass is 16.5. The van der Waals surface area contributed by atoms with Gasteiger partial charge in [-0.2, -0.15) is 0 Å². The number of nitrogens with one attached hydrogen (secondary N) is 2. The number of rotatable bonds is 6. The maximum Gasteiger partial charge on any atom is 0.314 e. The highest BCUT2D eigenvalue weighted by molar-refractivity contribution is 5.74. The first-order valence-electron chi connectivity index (χ1n) is 7.95. The summed E-state index contributed by atoms with van der Waals surface area (Å²) < 4.78 is 5.45. The average molecular weight is 298 g/mol. The predicted molar refractivity (Wildman–Crippen MR) is 78.1 cm³/mol. The Balaban J connectivity index is 1.74. The number of ether oxygens (including phenoxy) is 1. The lowest BCUT2D eigenvalue weighted by Crippen LogP contribution is -2.45. The van der Waals surface area contributed by atoms with Gasteiger partial charge in [-0.05, 0) is 31.1 Å². The number of aliphatic carboxylic acids is 1. The van der Waals surface area contributed by atoms with Crippen molar-refractivity contribution in [3.63, 3.8) is 0 Å². The standard InChI is InChI=1S/C15H26N2O4/c18-13(19)9-15(6-2-1-3-7-15)11-17-14(20)16-10-12-5-4-8-21-12/h12H,1-11H2,(H,18,19)(H2,16,17,20). The van der Waals surface area contributed by atoms with E-state index in [1.54, 1.807) is 0 Å². The summed E-state index contributed by atoms with van der Waals surface area (Å²) in [6.45, 7) is 1.74. The molecule has 0 aromatic carbocycles. The maximum atomic E-state index is 11.8. The van der Waals surface area contributed by atoms with Gasteiger partial charge in [-0.25, -0.2) is 4.79 Å². The molecule has 0 bridgehead atoms. The molecule has 0 spiro atoms. The van der Waals surface area contributed by atoms with E-state index in [1.165, 1.54) is 0 Å². The number of carbonyl (C=O) groups excluding carboxylic acids is 1. The van der Waals surface area contributed by atoms with Crippen LogP contribution in [0.3, 0.4) is 0 Å². The van der Waals surface area contributed by atoms with Crippen molar-refractivity contribution in [1.82, 2.24) is 10.6 Å². The summed E-state index contributed by atoms with van der Waals surface area (Å²) in [7, 11) is 0. The lowest BCUT2D eigenvalue weighted by Gasteiger charge is -2.36. The van der Waals surface area contributed by atoms with Gasteiger partial charge in [0.2, 0.25) is 0 Å². The molecule has 3 N–H and O–H groups in total. The SMILES string of the molecule is O=C(O)CC1(CNC(=O)NCC2CCCO2)CCCCC1. The number of hydrogen-bond acceptors (Lipinski definition) is 3. The lowest BCUT2D eigenvalue weighted by atomic mass is 9.72. The summed E-state index contributed by atoms with van der Waals surface area (Å²) in [5, 5.41) is 14.8. The Morgan fingerprint density at radius 3 is 2.52 bits per heavy atom. The van der Waals surface area contributed by atoms with E-state index in [-0.39, 0.29) is 24.0 Å². The average Bonchev–Trinajstić information content (AvgIpc) is 2.96. The smallest absolute Gasteiger partial charge is 0.314 e. The van der Waals surface area contributed by atoms with Crippen LogP contribution in [0, 0.1) is 5.41 Å². The molecule has 1 heterocycles. The van der Waals surface area contributed by atoms with Crippen LogP contribution in [0.2, 0.25) is 0 Å². The molecule has 1 aliphatic heterocycles. The Hall–Kier alpha value is -1.30. The van der Waals surface area contributed by atoms with Crippen LogP contribution in [-0.2, 0) is 9.53 Å². The fourth-order valence-electron chi connectivity index (χ4n) is 3.38. The molecule has 2 rings (SSSR count). The second-order valence-electron chi connectivity index (χ2n) is 6.33. The van der Waals surface area contributed by atoms with E-state index < -0.39 is 5.97 Å². The van der Waals surface area contributed by atoms with Crippen molar-refractivity contribution in [3.05, 3.63) is 0 Å². The zero-order chi connectivity index (χ0) is 15.1. The van der Waals surface area contributed by atoms with Gasteiger partial charge in [-0.3, -0.25) is 4.79 Å². The number of amides is 2. The van der Waals surface area contributed by atoms with Crippen LogP contribution in [0.15, 0.2) is 0 Å². The molecule has 0 radical (unpaired) electrons. The summed E-state index contributed by atoms with van der Waals surface area (Å²) in [5.74, 6) is -0.779. The third-order valence-corrected chi connectivity index (χ3v) is 4.58. The first-order chi connectivity index (χ1) is 10.1. The van der Waals surface area contributed by atoms with Gasteiger partial charge in [0.15, 0.2) is 0 Å². The Kier molecular flexibility index (Phi) is 5.85. The third kappa shape index (κ3) is 5.19. The van der Waals surface area contributed by atoms with Gasteiger partial charge >= 0.3 is 12.0 Å². The van der Waals surface area contributed by atoms with Gasteiger partial charge in [-0.15, -0.1) is 0 Å². The van der Waals surface area contributed by atoms with E-state index in [9.17, 15) is 9.59 Å². The minimum absolute atomic E-state index is 0.124. The second kappa shape index (κ2) is 7.64. The van der Waals surface area contributed by atoms with Gasteiger partial charge in [-0.1, -0.05) is 19.3 Å². The summed E-state index contributed by atoms with van der Waals surface area (Å²) >= 11 is 0. The molecule has 21 heavy (non-hydrogen) atoms. The third-order valence-electron chi connectivity index (χ3n) is 4.58. The van der Waals surface area contributed by atoms with Crippen LogP contribution < -0.4 is 10.6 Å². The zero-order valence-electron chi connectivity index (χ0n) is 12.5. The van der Waals surface area contributed by atoms with Gasteiger partial charge in [0.1, 0.15) is 0 Å². The monoisotopic (exact) mass is 298 g/mol. The predicted octanol–water partition coefficient (Wildman–Crippen LogP) is 1.89. The molecule has 6 nitrogen and oxygen atoms in total. The Bertz CT molecular complexity index is 361. The number of urea groups is 1. The molecule has 1 atom stereocenters. The highest BCUT2D eigenvalue weighted by Gasteiger charge is 2.34. The minimum Gasteiger partial charge on any atom is -0.481 e. The van der Waals surface area contributed by atoms with Crippen LogP contribution in [0.1, 0.15) is 51.4 Å². The van der Waals surface area contributed by atoms with E-state index in [0.29, 0.717) is 13.1 Å². The highest BCUT2D eigenvalue weighted by Crippen LogP contribution is 2.38. The largest absolute Gasteiger partial charge is 0.481 e. The molecular weight excluding hydrogens is 272 g/mol. The summed E-state index contributed by atoms with van der Waals surface area (Å²) in [5.41, 5.74) is -0.273. The molecule has 0 aromatic rings. The van der Waals surface area contributed by atoms with Crippen molar-refractivity contribution in [2.75, 3.05) is 19.7 Å². The van der Waals surface area contributed by atoms with Crippen LogP contribution in [-0.4, -0.2) is 42.9 Å². The van der Waals surface area contributed by atoms with Crippen molar-refractivity contribution in [2.45, 2.75) is 57.5 Å². The molecular formula is C15H26N2O4. The Morgan fingerprint density at radius 2 is 1.90 bits per heavy atom. The molecule has 120 valence electrons. The molecule has 2 fully saturated rings. The summed E-state index contributed by atoms with van der Waals surface area (Å²) in [6, 6.07) is -0.221. The molecule has 2 amide bonds. The first-order valence-corrected chi connectivity index (χ1v) is 7.95. The normalized spacial score (nSPS) is 24.5. The van der Waals surface area contributed by atoms with Crippen molar-refractivity contribution in [2.24, 2.45) is 5.41 Å². The second-order valence-corrected chi connectivity index (χ2v) is 6.33. The van der Waals surface area contributed by atoms with Crippen LogP contribution >= 0.6 is 0 Å². The maximum absolute atomic E-state index is 11.8. The summed E-state index contributed by atoms with van der Waals surface area (Å²) in [4.78, 5) is 22.9. The molecule has 1 unspecified atom stereocenters. The molecule has 2 aliphatic rings. The minimum atomic E-state index is -0.779. The van der Waals surface area contributed by atoms with Crippen molar-refractivity contribution in [1.29, 1.82) is 0 Å².